The maximum absolute atomic E-state index is 12.2. The van der Waals surface area contributed by atoms with Gasteiger partial charge in [0.05, 0.1) is 5.56 Å². The van der Waals surface area contributed by atoms with E-state index in [0.29, 0.717) is 10.9 Å². The third-order valence-corrected chi connectivity index (χ3v) is 4.48. The molecule has 0 bridgehead atoms. The quantitative estimate of drug-likeness (QED) is 0.829. The highest BCUT2D eigenvalue weighted by Gasteiger charge is 2.16. The van der Waals surface area contributed by atoms with E-state index in [1.54, 1.807) is 0 Å². The van der Waals surface area contributed by atoms with Gasteiger partial charge in [-0.15, -0.1) is 0 Å². The second-order valence-corrected chi connectivity index (χ2v) is 6.97. The van der Waals surface area contributed by atoms with E-state index < -0.39 is 11.9 Å². The minimum absolute atomic E-state index is 0.0243. The molecule has 0 aliphatic heterocycles. The summed E-state index contributed by atoms with van der Waals surface area (Å²) in [5, 5.41) is 12.2. The number of hydrogen-bond donors (Lipinski definition) is 2. The molecule has 0 saturated heterocycles. The number of aromatic carboxylic acids is 1. The van der Waals surface area contributed by atoms with E-state index in [2.05, 4.69) is 19.2 Å². The largest absolute Gasteiger partial charge is 0.478 e. The maximum Gasteiger partial charge on any atom is 0.338 e. The molecular weight excluding hydrogens is 314 g/mol. The van der Waals surface area contributed by atoms with Gasteiger partial charge in [0, 0.05) is 17.5 Å². The van der Waals surface area contributed by atoms with Crippen molar-refractivity contribution in [3.05, 3.63) is 53.0 Å². The van der Waals surface area contributed by atoms with Gasteiger partial charge in [0.2, 0.25) is 0 Å². The Hall–Kier alpha value is -2.21. The molecule has 0 saturated carbocycles. The normalized spacial score (nSPS) is 10.8. The Bertz CT molecular complexity index is 721. The highest BCUT2D eigenvalue weighted by Crippen LogP contribution is 2.25. The van der Waals surface area contributed by atoms with Crippen LogP contribution in [-0.4, -0.2) is 22.2 Å². The van der Waals surface area contributed by atoms with Gasteiger partial charge in [-0.3, -0.25) is 4.79 Å². The molecule has 23 heavy (non-hydrogen) atoms. The third-order valence-electron chi connectivity index (χ3n) is 3.34. The lowest BCUT2D eigenvalue weighted by atomic mass is 10.1. The van der Waals surface area contributed by atoms with E-state index >= 15 is 0 Å². The molecule has 2 aromatic rings. The van der Waals surface area contributed by atoms with Crippen molar-refractivity contribution in [2.75, 3.05) is 5.32 Å². The number of rotatable bonds is 6. The Labute approximate surface area is 139 Å². The Balaban J connectivity index is 2.14. The van der Waals surface area contributed by atoms with Gasteiger partial charge in [-0.1, -0.05) is 26.0 Å². The fourth-order valence-corrected chi connectivity index (χ4v) is 2.81. The highest BCUT2D eigenvalue weighted by molar-refractivity contribution is 7.99. The molecule has 2 N–H and O–H groups in total. The predicted octanol–water partition coefficient (Wildman–Crippen LogP) is 4.18. The molecule has 122 valence electrons. The van der Waals surface area contributed by atoms with Gasteiger partial charge in [0.15, 0.2) is 5.76 Å². The van der Waals surface area contributed by atoms with E-state index in [-0.39, 0.29) is 11.3 Å². The zero-order valence-electron chi connectivity index (χ0n) is 13.3. The standard InChI is InChI=1S/C17H19NO4S/c1-10(2)23-9-12-5-4-6-14(11(12)3)18-16(19)15-7-13(8-22-15)17(20)21/h4-8,10H,9H2,1-3H3,(H,18,19)(H,20,21). The molecule has 0 radical (unpaired) electrons. The first kappa shape index (κ1) is 17.1. The zero-order chi connectivity index (χ0) is 17.0. The second kappa shape index (κ2) is 7.37. The molecule has 1 amide bonds. The topological polar surface area (TPSA) is 79.5 Å². The number of amides is 1. The van der Waals surface area contributed by atoms with Crippen LogP contribution in [0.1, 0.15) is 45.9 Å². The fourth-order valence-electron chi connectivity index (χ4n) is 1.98. The minimum atomic E-state index is -1.13. The number of nitrogens with one attached hydrogen (secondary N) is 1. The van der Waals surface area contributed by atoms with Crippen LogP contribution in [0, 0.1) is 6.92 Å². The van der Waals surface area contributed by atoms with Crippen LogP contribution in [0.15, 0.2) is 34.9 Å². The van der Waals surface area contributed by atoms with Crippen molar-refractivity contribution in [1.82, 2.24) is 0 Å². The molecule has 0 spiro atoms. The number of thioether (sulfide) groups is 1. The summed E-state index contributed by atoms with van der Waals surface area (Å²) in [6.45, 7) is 6.24. The molecule has 0 atom stereocenters. The number of carboxylic acids is 1. The summed E-state index contributed by atoms with van der Waals surface area (Å²) in [6, 6.07) is 6.96. The minimum Gasteiger partial charge on any atom is -0.478 e. The number of benzene rings is 1. The number of furan rings is 1. The highest BCUT2D eigenvalue weighted by atomic mass is 32.2. The summed E-state index contributed by atoms with van der Waals surface area (Å²) in [7, 11) is 0. The summed E-state index contributed by atoms with van der Waals surface area (Å²) in [5.41, 5.74) is 2.81. The van der Waals surface area contributed by atoms with Crippen LogP contribution < -0.4 is 5.32 Å². The lowest BCUT2D eigenvalue weighted by Gasteiger charge is -2.12. The van der Waals surface area contributed by atoms with E-state index in [1.807, 2.05) is 36.9 Å². The average molecular weight is 333 g/mol. The van der Waals surface area contributed by atoms with Gasteiger partial charge in [0.1, 0.15) is 6.26 Å². The molecule has 0 aliphatic rings. The van der Waals surface area contributed by atoms with Crippen molar-refractivity contribution < 1.29 is 19.1 Å². The van der Waals surface area contributed by atoms with Crippen LogP contribution in [0.5, 0.6) is 0 Å². The molecule has 5 nitrogen and oxygen atoms in total. The Morgan fingerprint density at radius 3 is 2.70 bits per heavy atom. The fraction of sp³-hybridized carbons (Fsp3) is 0.294. The predicted molar refractivity (Wildman–Crippen MR) is 91.2 cm³/mol. The number of carboxylic acid groups (broad SMARTS) is 1. The van der Waals surface area contributed by atoms with Crippen LogP contribution >= 0.6 is 11.8 Å². The second-order valence-electron chi connectivity index (χ2n) is 5.41. The van der Waals surface area contributed by atoms with E-state index in [1.165, 1.54) is 6.07 Å². The number of carbonyl (C=O) groups is 2. The zero-order valence-corrected chi connectivity index (χ0v) is 14.1. The summed E-state index contributed by atoms with van der Waals surface area (Å²) >= 11 is 1.83. The van der Waals surface area contributed by atoms with Crippen molar-refractivity contribution in [3.63, 3.8) is 0 Å². The van der Waals surface area contributed by atoms with Crippen LogP contribution in [0.4, 0.5) is 5.69 Å². The summed E-state index contributed by atoms with van der Waals surface area (Å²) in [5.74, 6) is -0.744. The molecule has 1 heterocycles. The molecule has 0 fully saturated rings. The van der Waals surface area contributed by atoms with Crippen molar-refractivity contribution >= 4 is 29.3 Å². The first-order valence-electron chi connectivity index (χ1n) is 7.21. The molecule has 0 aliphatic carbocycles. The molecule has 0 unspecified atom stereocenters. The van der Waals surface area contributed by atoms with Gasteiger partial charge in [-0.25, -0.2) is 4.79 Å². The molecule has 6 heteroatoms. The first-order chi connectivity index (χ1) is 10.9. The molecule has 2 rings (SSSR count). The van der Waals surface area contributed by atoms with Crippen LogP contribution in [0.2, 0.25) is 0 Å². The summed E-state index contributed by atoms with van der Waals surface area (Å²) in [4.78, 5) is 23.0. The van der Waals surface area contributed by atoms with Crippen LogP contribution in [0.3, 0.4) is 0 Å². The first-order valence-corrected chi connectivity index (χ1v) is 8.26. The van der Waals surface area contributed by atoms with E-state index in [0.717, 1.165) is 23.1 Å². The van der Waals surface area contributed by atoms with Crippen molar-refractivity contribution in [2.24, 2.45) is 0 Å². The Kier molecular flexibility index (Phi) is 5.50. The Morgan fingerprint density at radius 1 is 1.35 bits per heavy atom. The lowest BCUT2D eigenvalue weighted by molar-refractivity contribution is 0.0696. The number of hydrogen-bond acceptors (Lipinski definition) is 4. The maximum atomic E-state index is 12.2. The smallest absolute Gasteiger partial charge is 0.338 e. The molecular formula is C17H19NO4S. The van der Waals surface area contributed by atoms with Crippen molar-refractivity contribution in [3.8, 4) is 0 Å². The van der Waals surface area contributed by atoms with E-state index in [4.69, 9.17) is 9.52 Å². The lowest BCUT2D eigenvalue weighted by Crippen LogP contribution is -2.12. The van der Waals surface area contributed by atoms with Gasteiger partial charge in [0.25, 0.3) is 5.91 Å². The molecule has 1 aromatic heterocycles. The van der Waals surface area contributed by atoms with Gasteiger partial charge in [-0.05, 0) is 29.4 Å². The van der Waals surface area contributed by atoms with Crippen LogP contribution in [-0.2, 0) is 5.75 Å². The number of carbonyl (C=O) groups excluding carboxylic acids is 1. The average Bonchev–Trinajstić information content (AvgIpc) is 2.98. The number of anilines is 1. The van der Waals surface area contributed by atoms with Crippen molar-refractivity contribution in [2.45, 2.75) is 31.8 Å². The van der Waals surface area contributed by atoms with Crippen molar-refractivity contribution in [1.29, 1.82) is 0 Å². The molecule has 1 aromatic carbocycles. The van der Waals surface area contributed by atoms with Gasteiger partial charge in [-0.2, -0.15) is 11.8 Å². The summed E-state index contributed by atoms with van der Waals surface area (Å²) < 4.78 is 5.01. The van der Waals surface area contributed by atoms with Crippen LogP contribution in [0.25, 0.3) is 0 Å². The van der Waals surface area contributed by atoms with Gasteiger partial charge >= 0.3 is 5.97 Å². The Morgan fingerprint density at radius 2 is 2.09 bits per heavy atom. The summed E-state index contributed by atoms with van der Waals surface area (Å²) in [6.07, 6.45) is 1.06. The van der Waals surface area contributed by atoms with Gasteiger partial charge < -0.3 is 14.8 Å². The third kappa shape index (κ3) is 4.39. The van der Waals surface area contributed by atoms with E-state index in [9.17, 15) is 9.59 Å². The monoisotopic (exact) mass is 333 g/mol. The SMILES string of the molecule is Cc1c(CSC(C)C)cccc1NC(=O)c1cc(C(=O)O)co1.